The first-order valence-electron chi connectivity index (χ1n) is 8.61. The molecule has 0 aromatic heterocycles. The van der Waals surface area contributed by atoms with Crippen LogP contribution in [0.25, 0.3) is 0 Å². The van der Waals surface area contributed by atoms with Crippen molar-refractivity contribution in [3.05, 3.63) is 83.9 Å². The predicted molar refractivity (Wildman–Crippen MR) is 98.5 cm³/mol. The maximum Gasteiger partial charge on any atom is 0.166 e. The number of ether oxygens (including phenoxy) is 2. The third kappa shape index (κ3) is 3.58. The lowest BCUT2D eigenvalue weighted by molar-refractivity contribution is -0.102. The van der Waals surface area contributed by atoms with Crippen LogP contribution in [-0.4, -0.2) is 19.5 Å². The van der Waals surface area contributed by atoms with Gasteiger partial charge in [-0.2, -0.15) is 0 Å². The van der Waals surface area contributed by atoms with Crippen LogP contribution < -0.4 is 0 Å². The molecule has 2 aromatic carbocycles. The van der Waals surface area contributed by atoms with Crippen molar-refractivity contribution in [2.75, 3.05) is 13.7 Å². The molecule has 0 amide bonds. The largest absolute Gasteiger partial charge is 0.373 e. The molecule has 3 nitrogen and oxygen atoms in total. The topological polar surface area (TPSA) is 35.5 Å². The summed E-state index contributed by atoms with van der Waals surface area (Å²) >= 11 is 0. The zero-order valence-electron chi connectivity index (χ0n) is 14.6. The van der Waals surface area contributed by atoms with Crippen molar-refractivity contribution in [3.8, 4) is 0 Å². The number of carbonyl (C=O) groups is 1. The summed E-state index contributed by atoms with van der Waals surface area (Å²) in [5.74, 6) is 0.207. The van der Waals surface area contributed by atoms with E-state index in [1.807, 2.05) is 42.5 Å². The fourth-order valence-electron chi connectivity index (χ4n) is 3.60. The van der Waals surface area contributed by atoms with Gasteiger partial charge in [-0.3, -0.25) is 4.79 Å². The quantitative estimate of drug-likeness (QED) is 0.404. The van der Waals surface area contributed by atoms with Gasteiger partial charge in [-0.15, -0.1) is 6.58 Å². The third-order valence-corrected chi connectivity index (χ3v) is 4.97. The molecule has 0 spiro atoms. The van der Waals surface area contributed by atoms with E-state index in [0.29, 0.717) is 26.1 Å². The molecule has 0 unspecified atom stereocenters. The summed E-state index contributed by atoms with van der Waals surface area (Å²) in [6, 6.07) is 17.7. The maximum absolute atomic E-state index is 12.7. The van der Waals surface area contributed by atoms with Gasteiger partial charge in [-0.05, 0) is 24.0 Å². The Morgan fingerprint density at radius 3 is 2.52 bits per heavy atom. The van der Waals surface area contributed by atoms with Crippen LogP contribution >= 0.6 is 0 Å². The summed E-state index contributed by atoms with van der Waals surface area (Å²) in [4.78, 5) is 12.7. The number of hydrogen-bond acceptors (Lipinski definition) is 3. The van der Waals surface area contributed by atoms with Crippen LogP contribution in [0.5, 0.6) is 0 Å². The van der Waals surface area contributed by atoms with Crippen LogP contribution in [0.15, 0.2) is 67.3 Å². The second-order valence-electron chi connectivity index (χ2n) is 6.49. The monoisotopic (exact) mass is 336 g/mol. The minimum atomic E-state index is -0.400. The standard InChI is InChI=1S/C22H24O3/c1-3-13-25-16-18-11-7-8-12-20(18)22(24-2)14-19(15-22)21(23)17-9-5-4-6-10-17/h3-12,19H,1,13-16H2,2H3/t19-,22+. The van der Waals surface area contributed by atoms with Crippen LogP contribution in [0.3, 0.4) is 0 Å². The van der Waals surface area contributed by atoms with E-state index in [9.17, 15) is 4.79 Å². The molecule has 0 bridgehead atoms. The number of rotatable bonds is 8. The highest BCUT2D eigenvalue weighted by atomic mass is 16.5. The second kappa shape index (κ2) is 7.77. The highest BCUT2D eigenvalue weighted by molar-refractivity contribution is 5.98. The minimum Gasteiger partial charge on any atom is -0.373 e. The van der Waals surface area contributed by atoms with Gasteiger partial charge in [-0.25, -0.2) is 0 Å². The Hall–Kier alpha value is -2.23. The van der Waals surface area contributed by atoms with E-state index in [2.05, 4.69) is 18.7 Å². The average molecular weight is 336 g/mol. The number of carbonyl (C=O) groups excluding carboxylic acids is 1. The van der Waals surface area contributed by atoms with Gasteiger partial charge >= 0.3 is 0 Å². The highest BCUT2D eigenvalue weighted by Gasteiger charge is 2.49. The first-order valence-corrected chi connectivity index (χ1v) is 8.61. The van der Waals surface area contributed by atoms with Gasteiger partial charge < -0.3 is 9.47 Å². The van der Waals surface area contributed by atoms with E-state index in [1.54, 1.807) is 13.2 Å². The summed E-state index contributed by atoms with van der Waals surface area (Å²) < 4.78 is 11.5. The van der Waals surface area contributed by atoms with Crippen molar-refractivity contribution in [1.82, 2.24) is 0 Å². The number of benzene rings is 2. The first-order chi connectivity index (χ1) is 12.2. The number of hydrogen-bond donors (Lipinski definition) is 0. The zero-order chi connectivity index (χ0) is 17.7. The average Bonchev–Trinajstić information content (AvgIpc) is 2.63. The third-order valence-electron chi connectivity index (χ3n) is 4.97. The van der Waals surface area contributed by atoms with Gasteiger partial charge in [0.05, 0.1) is 18.8 Å². The van der Waals surface area contributed by atoms with E-state index in [0.717, 1.165) is 16.7 Å². The van der Waals surface area contributed by atoms with Crippen LogP contribution in [-0.2, 0) is 21.7 Å². The summed E-state index contributed by atoms with van der Waals surface area (Å²) in [5, 5.41) is 0. The Labute approximate surface area is 149 Å². The first kappa shape index (κ1) is 17.6. The molecule has 0 radical (unpaired) electrons. The molecule has 1 saturated carbocycles. The number of ketones is 1. The lowest BCUT2D eigenvalue weighted by Crippen LogP contribution is -2.46. The molecule has 0 aliphatic heterocycles. The Morgan fingerprint density at radius 1 is 1.16 bits per heavy atom. The van der Waals surface area contributed by atoms with Crippen molar-refractivity contribution in [2.24, 2.45) is 5.92 Å². The van der Waals surface area contributed by atoms with Crippen molar-refractivity contribution in [3.63, 3.8) is 0 Å². The van der Waals surface area contributed by atoms with Gasteiger partial charge in [0.2, 0.25) is 0 Å². The molecule has 0 atom stereocenters. The second-order valence-corrected chi connectivity index (χ2v) is 6.49. The van der Waals surface area contributed by atoms with Crippen LogP contribution in [0, 0.1) is 5.92 Å². The lowest BCUT2D eigenvalue weighted by atomic mass is 9.64. The Balaban J connectivity index is 1.76. The summed E-state index contributed by atoms with van der Waals surface area (Å²) in [6.07, 6.45) is 3.15. The minimum absolute atomic E-state index is 0.00417. The zero-order valence-corrected chi connectivity index (χ0v) is 14.6. The van der Waals surface area contributed by atoms with E-state index in [1.165, 1.54) is 0 Å². The molecule has 3 rings (SSSR count). The lowest BCUT2D eigenvalue weighted by Gasteiger charge is -2.47. The van der Waals surface area contributed by atoms with Crippen molar-refractivity contribution >= 4 is 5.78 Å². The normalized spacial score (nSPS) is 22.2. The number of methoxy groups -OCH3 is 1. The van der Waals surface area contributed by atoms with Gasteiger partial charge in [0.25, 0.3) is 0 Å². The molecule has 2 aromatic rings. The summed E-state index contributed by atoms with van der Waals surface area (Å²) in [5.41, 5.74) is 2.61. The SMILES string of the molecule is C=CCOCc1ccccc1[C@]1(OC)C[C@@H](C(=O)c2ccccc2)C1. The van der Waals surface area contributed by atoms with E-state index in [-0.39, 0.29) is 11.7 Å². The highest BCUT2D eigenvalue weighted by Crippen LogP contribution is 2.50. The molecule has 1 aliphatic rings. The predicted octanol–water partition coefficient (Wildman–Crippen LogP) is 4.52. The Kier molecular flexibility index (Phi) is 5.47. The summed E-state index contributed by atoms with van der Waals surface area (Å²) in [7, 11) is 1.73. The van der Waals surface area contributed by atoms with Gasteiger partial charge in [-0.1, -0.05) is 60.7 Å². The molecule has 3 heteroatoms. The molecular weight excluding hydrogens is 312 g/mol. The van der Waals surface area contributed by atoms with Crippen molar-refractivity contribution in [1.29, 1.82) is 0 Å². The van der Waals surface area contributed by atoms with Gasteiger partial charge in [0, 0.05) is 18.6 Å². The molecule has 0 N–H and O–H groups in total. The molecule has 0 heterocycles. The smallest absolute Gasteiger partial charge is 0.166 e. The van der Waals surface area contributed by atoms with E-state index >= 15 is 0 Å². The molecule has 1 aliphatic carbocycles. The van der Waals surface area contributed by atoms with Crippen LogP contribution in [0.4, 0.5) is 0 Å². The Morgan fingerprint density at radius 2 is 1.84 bits per heavy atom. The fourth-order valence-corrected chi connectivity index (χ4v) is 3.60. The maximum atomic E-state index is 12.7. The van der Waals surface area contributed by atoms with Gasteiger partial charge in [0.15, 0.2) is 5.78 Å². The van der Waals surface area contributed by atoms with E-state index < -0.39 is 5.60 Å². The van der Waals surface area contributed by atoms with E-state index in [4.69, 9.17) is 9.47 Å². The summed E-state index contributed by atoms with van der Waals surface area (Å²) in [6.45, 7) is 4.71. The van der Waals surface area contributed by atoms with Crippen LogP contribution in [0.1, 0.15) is 34.3 Å². The fraction of sp³-hybridized carbons (Fsp3) is 0.318. The molecule has 25 heavy (non-hydrogen) atoms. The molecule has 130 valence electrons. The molecule has 0 saturated heterocycles. The molecular formula is C22H24O3. The number of Topliss-reactive ketones (excluding diaryl/α,β-unsaturated/α-hetero) is 1. The van der Waals surface area contributed by atoms with Crippen molar-refractivity contribution < 1.29 is 14.3 Å². The molecule has 1 fully saturated rings. The van der Waals surface area contributed by atoms with Crippen molar-refractivity contribution in [2.45, 2.75) is 25.0 Å². The van der Waals surface area contributed by atoms with Gasteiger partial charge in [0.1, 0.15) is 0 Å². The Bertz CT molecular complexity index is 730. The van der Waals surface area contributed by atoms with Crippen LogP contribution in [0.2, 0.25) is 0 Å².